The molecule has 0 N–H and O–H groups in total. The van der Waals surface area contributed by atoms with Crippen LogP contribution in [0.1, 0.15) is 5.56 Å². The number of aromatic nitrogens is 3. The van der Waals surface area contributed by atoms with Crippen LogP contribution in [0, 0.1) is 0 Å². The largest absolute Gasteiger partial charge is 0.496 e. The number of ether oxygens (including phenoxy) is 1. The molecule has 0 saturated carbocycles. The van der Waals surface area contributed by atoms with Crippen LogP contribution in [0.25, 0.3) is 10.9 Å². The first-order valence-electron chi connectivity index (χ1n) is 7.09. The Balaban J connectivity index is 1.97. The maximum Gasteiger partial charge on any atom is 0.446 e. The number of nitrogens with zero attached hydrogens (tertiary/aromatic N) is 3. The van der Waals surface area contributed by atoms with Crippen molar-refractivity contribution >= 4 is 22.7 Å². The van der Waals surface area contributed by atoms with Crippen molar-refractivity contribution in [2.75, 3.05) is 7.11 Å². The smallest absolute Gasteiger partial charge is 0.446 e. The number of methoxy groups -OCH3 is 1. The molecule has 5 nitrogen and oxygen atoms in total. The molecule has 25 heavy (non-hydrogen) atoms. The third-order valence-corrected chi connectivity index (χ3v) is 4.20. The highest BCUT2D eigenvalue weighted by molar-refractivity contribution is 8.00. The van der Waals surface area contributed by atoms with Gasteiger partial charge in [0.1, 0.15) is 5.75 Å². The molecule has 130 valence electrons. The van der Waals surface area contributed by atoms with Crippen molar-refractivity contribution in [2.24, 2.45) is 0 Å². The molecule has 0 saturated heterocycles. The molecule has 0 bridgehead atoms. The Morgan fingerprint density at radius 3 is 2.80 bits per heavy atom. The maximum atomic E-state index is 12.7. The number of benzene rings is 1. The second-order valence-corrected chi connectivity index (χ2v) is 6.21. The molecule has 2 aromatic heterocycles. The number of rotatable bonds is 4. The van der Waals surface area contributed by atoms with Crippen molar-refractivity contribution in [3.05, 3.63) is 58.9 Å². The van der Waals surface area contributed by atoms with E-state index in [1.54, 1.807) is 12.1 Å². The van der Waals surface area contributed by atoms with Gasteiger partial charge in [0, 0.05) is 6.20 Å². The van der Waals surface area contributed by atoms with Crippen molar-refractivity contribution in [1.29, 1.82) is 0 Å². The Kier molecular flexibility index (Phi) is 4.67. The van der Waals surface area contributed by atoms with Gasteiger partial charge in [0.25, 0.3) is 5.56 Å². The molecule has 9 heteroatoms. The van der Waals surface area contributed by atoms with Crippen LogP contribution in [0.4, 0.5) is 13.2 Å². The van der Waals surface area contributed by atoms with Crippen molar-refractivity contribution in [3.63, 3.8) is 0 Å². The molecule has 0 fully saturated rings. The minimum absolute atomic E-state index is 0.0569. The van der Waals surface area contributed by atoms with Gasteiger partial charge in [0.2, 0.25) is 0 Å². The lowest BCUT2D eigenvalue weighted by atomic mass is 10.2. The Hall–Kier alpha value is -2.55. The van der Waals surface area contributed by atoms with E-state index in [1.807, 2.05) is 0 Å². The Morgan fingerprint density at radius 2 is 2.08 bits per heavy atom. The van der Waals surface area contributed by atoms with Gasteiger partial charge in [-0.15, -0.1) is 0 Å². The summed E-state index contributed by atoms with van der Waals surface area (Å²) < 4.78 is 44.4. The van der Waals surface area contributed by atoms with Gasteiger partial charge >= 0.3 is 5.51 Å². The zero-order chi connectivity index (χ0) is 18.0. The SMILES string of the molecule is COc1ccc(Cn2cnc3cnccc3c2=O)cc1SC(F)(F)F. The number of pyridine rings is 1. The first kappa shape index (κ1) is 17.3. The van der Waals surface area contributed by atoms with E-state index in [4.69, 9.17) is 4.74 Å². The molecule has 0 unspecified atom stereocenters. The van der Waals surface area contributed by atoms with Crippen LogP contribution in [0.15, 0.2) is 52.7 Å². The highest BCUT2D eigenvalue weighted by Crippen LogP contribution is 2.41. The van der Waals surface area contributed by atoms with E-state index < -0.39 is 5.51 Å². The topological polar surface area (TPSA) is 57.0 Å². The molecule has 0 radical (unpaired) electrons. The van der Waals surface area contributed by atoms with Crippen molar-refractivity contribution < 1.29 is 17.9 Å². The van der Waals surface area contributed by atoms with Crippen LogP contribution in [0.2, 0.25) is 0 Å². The molecule has 0 aliphatic carbocycles. The first-order valence-corrected chi connectivity index (χ1v) is 7.91. The highest BCUT2D eigenvalue weighted by atomic mass is 32.2. The van der Waals surface area contributed by atoms with Crippen LogP contribution in [0.3, 0.4) is 0 Å². The lowest BCUT2D eigenvalue weighted by Crippen LogP contribution is -2.21. The summed E-state index contributed by atoms with van der Waals surface area (Å²) in [5.41, 5.74) is -3.72. The zero-order valence-electron chi connectivity index (χ0n) is 12.9. The molecule has 0 aliphatic rings. The lowest BCUT2D eigenvalue weighted by molar-refractivity contribution is -0.0328. The quantitative estimate of drug-likeness (QED) is 0.661. The normalized spacial score (nSPS) is 11.7. The number of thioether (sulfide) groups is 1. The summed E-state index contributed by atoms with van der Waals surface area (Å²) in [7, 11) is 1.31. The Morgan fingerprint density at radius 1 is 1.28 bits per heavy atom. The van der Waals surface area contributed by atoms with Gasteiger partial charge in [-0.05, 0) is 35.5 Å². The van der Waals surface area contributed by atoms with Crippen LogP contribution in [-0.4, -0.2) is 27.2 Å². The molecule has 1 aromatic carbocycles. The van der Waals surface area contributed by atoms with E-state index in [-0.39, 0.29) is 34.5 Å². The molecular formula is C16H12F3N3O2S. The van der Waals surface area contributed by atoms with Crippen LogP contribution < -0.4 is 10.3 Å². The first-order chi connectivity index (χ1) is 11.9. The predicted molar refractivity (Wildman–Crippen MR) is 87.8 cm³/mol. The molecular weight excluding hydrogens is 355 g/mol. The molecule has 3 aromatic rings. The van der Waals surface area contributed by atoms with E-state index in [2.05, 4.69) is 9.97 Å². The highest BCUT2D eigenvalue weighted by Gasteiger charge is 2.31. The van der Waals surface area contributed by atoms with Crippen molar-refractivity contribution in [2.45, 2.75) is 16.9 Å². The lowest BCUT2D eigenvalue weighted by Gasteiger charge is -2.13. The summed E-state index contributed by atoms with van der Waals surface area (Å²) in [5, 5.41) is 0.399. The summed E-state index contributed by atoms with van der Waals surface area (Å²) in [5.74, 6) is 0.126. The minimum Gasteiger partial charge on any atom is -0.496 e. The van der Waals surface area contributed by atoms with E-state index in [1.165, 1.54) is 42.5 Å². The zero-order valence-corrected chi connectivity index (χ0v) is 13.8. The van der Waals surface area contributed by atoms with Crippen molar-refractivity contribution in [3.8, 4) is 5.75 Å². The van der Waals surface area contributed by atoms with E-state index >= 15 is 0 Å². The summed E-state index contributed by atoms with van der Waals surface area (Å²) in [4.78, 5) is 20.4. The summed E-state index contributed by atoms with van der Waals surface area (Å²) in [6, 6.07) is 5.98. The van der Waals surface area contributed by atoms with Crippen LogP contribution in [-0.2, 0) is 6.54 Å². The van der Waals surface area contributed by atoms with Gasteiger partial charge in [-0.3, -0.25) is 14.3 Å². The predicted octanol–water partition coefficient (Wildman–Crippen LogP) is 3.46. The minimum atomic E-state index is -4.43. The standard InChI is InChI=1S/C16H12F3N3O2S/c1-24-13-3-2-10(6-14(13)25-16(17,18)19)8-22-9-21-12-7-20-5-4-11(12)15(22)23/h2-7,9H,8H2,1H3. The average Bonchev–Trinajstić information content (AvgIpc) is 2.56. The number of fused-ring (bicyclic) bond motifs is 1. The second kappa shape index (κ2) is 6.75. The fourth-order valence-electron chi connectivity index (χ4n) is 2.34. The molecule has 0 atom stereocenters. The van der Waals surface area contributed by atoms with E-state index in [9.17, 15) is 18.0 Å². The number of hydrogen-bond acceptors (Lipinski definition) is 5. The number of hydrogen-bond donors (Lipinski definition) is 0. The fourth-order valence-corrected chi connectivity index (χ4v) is 3.05. The molecule has 0 spiro atoms. The molecule has 2 heterocycles. The van der Waals surface area contributed by atoms with Crippen LogP contribution >= 0.6 is 11.8 Å². The molecule has 0 aliphatic heterocycles. The molecule has 0 amide bonds. The van der Waals surface area contributed by atoms with Crippen molar-refractivity contribution in [1.82, 2.24) is 14.5 Å². The van der Waals surface area contributed by atoms with Gasteiger partial charge in [-0.25, -0.2) is 4.98 Å². The third kappa shape index (κ3) is 3.93. The Bertz CT molecular complexity index is 973. The third-order valence-electron chi connectivity index (χ3n) is 3.43. The average molecular weight is 367 g/mol. The van der Waals surface area contributed by atoms with Gasteiger partial charge in [-0.1, -0.05) is 6.07 Å². The number of halogens is 3. The fraction of sp³-hybridized carbons (Fsp3) is 0.188. The number of alkyl halides is 3. The summed E-state index contributed by atoms with van der Waals surface area (Å²) in [6.07, 6.45) is 4.32. The van der Waals surface area contributed by atoms with Crippen LogP contribution in [0.5, 0.6) is 5.75 Å². The van der Waals surface area contributed by atoms with Gasteiger partial charge in [0.15, 0.2) is 0 Å². The summed E-state index contributed by atoms with van der Waals surface area (Å²) >= 11 is -0.253. The molecule has 3 rings (SSSR count). The summed E-state index contributed by atoms with van der Waals surface area (Å²) in [6.45, 7) is 0.0967. The van der Waals surface area contributed by atoms with Gasteiger partial charge in [-0.2, -0.15) is 13.2 Å². The van der Waals surface area contributed by atoms with E-state index in [0.29, 0.717) is 16.5 Å². The monoisotopic (exact) mass is 367 g/mol. The Labute approximate surface area is 144 Å². The van der Waals surface area contributed by atoms with E-state index in [0.717, 1.165) is 0 Å². The second-order valence-electron chi connectivity index (χ2n) is 5.10. The van der Waals surface area contributed by atoms with Gasteiger partial charge in [0.05, 0.1) is 42.0 Å². The van der Waals surface area contributed by atoms with Gasteiger partial charge < -0.3 is 4.74 Å². The maximum absolute atomic E-state index is 12.7.